The Hall–Kier alpha value is -1.53. The number of aromatic amines is 1. The van der Waals surface area contributed by atoms with Crippen molar-refractivity contribution < 1.29 is 13.2 Å². The molecule has 0 radical (unpaired) electrons. The van der Waals surface area contributed by atoms with Gasteiger partial charge in [0.05, 0.1) is 21.6 Å². The van der Waals surface area contributed by atoms with E-state index in [9.17, 15) is 13.2 Å². The van der Waals surface area contributed by atoms with Crippen molar-refractivity contribution in [3.05, 3.63) is 51.5 Å². The summed E-state index contributed by atoms with van der Waals surface area (Å²) in [7, 11) is 0. The highest BCUT2D eigenvalue weighted by molar-refractivity contribution is 9.10. The van der Waals surface area contributed by atoms with E-state index in [-0.39, 0.29) is 0 Å². The van der Waals surface area contributed by atoms with Crippen LogP contribution in [0.15, 0.2) is 40.9 Å². The lowest BCUT2D eigenvalue weighted by molar-refractivity contribution is -0.137. The number of aromatic nitrogens is 2. The van der Waals surface area contributed by atoms with Crippen molar-refractivity contribution >= 4 is 38.6 Å². The van der Waals surface area contributed by atoms with Crippen LogP contribution in [0, 0.1) is 0 Å². The van der Waals surface area contributed by atoms with Crippen LogP contribution in [0.3, 0.4) is 0 Å². The Bertz CT molecular complexity index is 827. The third-order valence-electron chi connectivity index (χ3n) is 3.02. The number of nitrogens with one attached hydrogen (secondary N) is 1. The minimum atomic E-state index is -4.38. The standard InChI is InChI=1S/C14H7BrClF3N2/c15-9-3-1-2-8(12(9)16)13-20-10-5-4-7(14(17,18)19)6-11(10)21-13/h1-6H,(H,20,21). The molecule has 3 aromatic rings. The summed E-state index contributed by atoms with van der Waals surface area (Å²) in [6.45, 7) is 0. The largest absolute Gasteiger partial charge is 0.416 e. The molecule has 2 aromatic carbocycles. The normalized spacial score (nSPS) is 12.0. The van der Waals surface area contributed by atoms with E-state index >= 15 is 0 Å². The van der Waals surface area contributed by atoms with Crippen molar-refractivity contribution in [3.63, 3.8) is 0 Å². The number of hydrogen-bond acceptors (Lipinski definition) is 1. The molecule has 7 heteroatoms. The number of rotatable bonds is 1. The highest BCUT2D eigenvalue weighted by Gasteiger charge is 2.30. The van der Waals surface area contributed by atoms with Crippen LogP contribution in [-0.2, 0) is 6.18 Å². The fraction of sp³-hybridized carbons (Fsp3) is 0.0714. The van der Waals surface area contributed by atoms with Crippen molar-refractivity contribution in [2.75, 3.05) is 0 Å². The molecule has 21 heavy (non-hydrogen) atoms. The maximum Gasteiger partial charge on any atom is 0.416 e. The van der Waals surface area contributed by atoms with E-state index in [1.165, 1.54) is 6.07 Å². The van der Waals surface area contributed by atoms with E-state index in [4.69, 9.17) is 11.6 Å². The van der Waals surface area contributed by atoms with E-state index in [2.05, 4.69) is 25.9 Å². The minimum absolute atomic E-state index is 0.316. The van der Waals surface area contributed by atoms with Crippen molar-refractivity contribution in [2.45, 2.75) is 6.18 Å². The molecule has 108 valence electrons. The molecule has 0 saturated carbocycles. The van der Waals surface area contributed by atoms with Crippen molar-refractivity contribution in [1.29, 1.82) is 0 Å². The third kappa shape index (κ3) is 2.65. The molecular weight excluding hydrogens is 369 g/mol. The first kappa shape index (κ1) is 14.4. The van der Waals surface area contributed by atoms with Gasteiger partial charge >= 0.3 is 6.18 Å². The van der Waals surface area contributed by atoms with E-state index in [0.717, 1.165) is 12.1 Å². The molecule has 0 aliphatic rings. The maximum atomic E-state index is 12.7. The molecule has 1 heterocycles. The molecular formula is C14H7BrClF3N2. The van der Waals surface area contributed by atoms with Crippen LogP contribution < -0.4 is 0 Å². The first-order chi connectivity index (χ1) is 9.86. The van der Waals surface area contributed by atoms with Gasteiger partial charge in [-0.25, -0.2) is 4.98 Å². The van der Waals surface area contributed by atoms with Gasteiger partial charge in [0.25, 0.3) is 0 Å². The van der Waals surface area contributed by atoms with Crippen molar-refractivity contribution in [1.82, 2.24) is 9.97 Å². The molecule has 0 aliphatic carbocycles. The first-order valence-electron chi connectivity index (χ1n) is 5.87. The second kappa shape index (κ2) is 5.03. The van der Waals surface area contributed by atoms with Crippen LogP contribution >= 0.6 is 27.5 Å². The predicted octanol–water partition coefficient (Wildman–Crippen LogP) is 5.66. The maximum absolute atomic E-state index is 12.7. The summed E-state index contributed by atoms with van der Waals surface area (Å²) in [5, 5.41) is 0.451. The first-order valence-corrected chi connectivity index (χ1v) is 7.05. The summed E-state index contributed by atoms with van der Waals surface area (Å²) < 4.78 is 38.8. The van der Waals surface area contributed by atoms with Crippen LogP contribution in [-0.4, -0.2) is 9.97 Å². The Morgan fingerprint density at radius 3 is 2.62 bits per heavy atom. The van der Waals surface area contributed by atoms with Crippen LogP contribution in [0.5, 0.6) is 0 Å². The number of alkyl halides is 3. The molecule has 0 bridgehead atoms. The van der Waals surface area contributed by atoms with Crippen LogP contribution in [0.2, 0.25) is 5.02 Å². The number of H-pyrrole nitrogens is 1. The molecule has 0 aliphatic heterocycles. The molecule has 0 fully saturated rings. The number of hydrogen-bond donors (Lipinski definition) is 1. The fourth-order valence-corrected chi connectivity index (χ4v) is 2.58. The lowest BCUT2D eigenvalue weighted by Gasteiger charge is -2.05. The average molecular weight is 376 g/mol. The van der Waals surface area contributed by atoms with Gasteiger partial charge in [0.15, 0.2) is 0 Å². The van der Waals surface area contributed by atoms with E-state index < -0.39 is 11.7 Å². The minimum Gasteiger partial charge on any atom is -0.338 e. The van der Waals surface area contributed by atoms with Gasteiger partial charge in [-0.2, -0.15) is 13.2 Å². The molecule has 0 unspecified atom stereocenters. The number of fused-ring (bicyclic) bond motifs is 1. The molecule has 1 N–H and O–H groups in total. The van der Waals surface area contributed by atoms with Gasteiger partial charge < -0.3 is 4.98 Å². The molecule has 2 nitrogen and oxygen atoms in total. The zero-order valence-electron chi connectivity index (χ0n) is 10.3. The molecule has 0 saturated heterocycles. The second-order valence-electron chi connectivity index (χ2n) is 4.42. The highest BCUT2D eigenvalue weighted by atomic mass is 79.9. The Labute approximate surface area is 131 Å². The predicted molar refractivity (Wildman–Crippen MR) is 79.2 cm³/mol. The lowest BCUT2D eigenvalue weighted by Crippen LogP contribution is -2.04. The number of nitrogens with zero attached hydrogens (tertiary/aromatic N) is 1. The van der Waals surface area contributed by atoms with Crippen molar-refractivity contribution in [2.24, 2.45) is 0 Å². The number of benzene rings is 2. The molecule has 0 amide bonds. The second-order valence-corrected chi connectivity index (χ2v) is 5.65. The zero-order chi connectivity index (χ0) is 15.2. The number of halogens is 5. The molecule has 0 atom stereocenters. The summed E-state index contributed by atoms with van der Waals surface area (Å²) in [6.07, 6.45) is -4.38. The van der Waals surface area contributed by atoms with Gasteiger partial charge in [-0.05, 0) is 46.3 Å². The van der Waals surface area contributed by atoms with Gasteiger partial charge in [-0.1, -0.05) is 17.7 Å². The third-order valence-corrected chi connectivity index (χ3v) is 4.31. The Balaban J connectivity index is 2.15. The summed E-state index contributed by atoms with van der Waals surface area (Å²) >= 11 is 9.47. The number of imidazole rings is 1. The Morgan fingerprint density at radius 1 is 1.14 bits per heavy atom. The van der Waals surface area contributed by atoms with E-state index in [1.54, 1.807) is 18.2 Å². The summed E-state index contributed by atoms with van der Waals surface area (Å²) in [4.78, 5) is 7.16. The average Bonchev–Trinajstić information content (AvgIpc) is 2.83. The quantitative estimate of drug-likeness (QED) is 0.584. The summed E-state index contributed by atoms with van der Waals surface area (Å²) in [5.41, 5.74) is 0.672. The van der Waals surface area contributed by atoms with E-state index in [0.29, 0.717) is 31.9 Å². The fourth-order valence-electron chi connectivity index (χ4n) is 2.00. The van der Waals surface area contributed by atoms with E-state index in [1.807, 2.05) is 0 Å². The van der Waals surface area contributed by atoms with Crippen LogP contribution in [0.1, 0.15) is 5.56 Å². The SMILES string of the molecule is FC(F)(F)c1ccc2nc(-c3cccc(Br)c3Cl)[nH]c2c1. The van der Waals surface area contributed by atoms with Gasteiger partial charge in [0.2, 0.25) is 0 Å². The molecule has 1 aromatic heterocycles. The Kier molecular flexibility index (Phi) is 3.45. The molecule has 0 spiro atoms. The zero-order valence-corrected chi connectivity index (χ0v) is 12.6. The van der Waals surface area contributed by atoms with Crippen LogP contribution in [0.4, 0.5) is 13.2 Å². The lowest BCUT2D eigenvalue weighted by atomic mass is 10.2. The Morgan fingerprint density at radius 2 is 1.90 bits per heavy atom. The summed E-state index contributed by atoms with van der Waals surface area (Å²) in [6, 6.07) is 8.68. The summed E-state index contributed by atoms with van der Waals surface area (Å²) in [5.74, 6) is 0.427. The van der Waals surface area contributed by atoms with Gasteiger partial charge in [0.1, 0.15) is 5.82 Å². The molecule has 3 rings (SSSR count). The smallest absolute Gasteiger partial charge is 0.338 e. The van der Waals surface area contributed by atoms with Gasteiger partial charge in [0, 0.05) is 10.0 Å². The topological polar surface area (TPSA) is 28.7 Å². The highest BCUT2D eigenvalue weighted by Crippen LogP contribution is 2.35. The van der Waals surface area contributed by atoms with Gasteiger partial charge in [-0.15, -0.1) is 0 Å². The van der Waals surface area contributed by atoms with Crippen molar-refractivity contribution in [3.8, 4) is 11.4 Å². The monoisotopic (exact) mass is 374 g/mol. The van der Waals surface area contributed by atoms with Crippen LogP contribution in [0.25, 0.3) is 22.4 Å². The van der Waals surface area contributed by atoms with Gasteiger partial charge in [-0.3, -0.25) is 0 Å².